The maximum absolute atomic E-state index is 14.0. The van der Waals surface area contributed by atoms with Crippen molar-refractivity contribution >= 4 is 0 Å². The smallest absolute Gasteiger partial charge is 0.131 e. The number of hydrogen-bond acceptors (Lipinski definition) is 3. The van der Waals surface area contributed by atoms with Crippen molar-refractivity contribution in [2.24, 2.45) is 0 Å². The highest BCUT2D eigenvalue weighted by molar-refractivity contribution is 5.40. The van der Waals surface area contributed by atoms with Crippen LogP contribution < -0.4 is 10.1 Å². The summed E-state index contributed by atoms with van der Waals surface area (Å²) in [6.07, 6.45) is -0.450. The lowest BCUT2D eigenvalue weighted by molar-refractivity contribution is 0.190. The summed E-state index contributed by atoms with van der Waals surface area (Å²) in [5.74, 6) is 0.542. The van der Waals surface area contributed by atoms with Crippen molar-refractivity contribution in [1.82, 2.24) is 5.32 Å². The van der Waals surface area contributed by atoms with Gasteiger partial charge in [-0.2, -0.15) is 0 Å². The summed E-state index contributed by atoms with van der Waals surface area (Å²) in [5.41, 5.74) is 1.42. The van der Waals surface area contributed by atoms with Gasteiger partial charge in [0.05, 0.1) is 13.2 Å². The monoisotopic (exact) mass is 255 g/mol. The van der Waals surface area contributed by atoms with Gasteiger partial charge in [0.25, 0.3) is 0 Å². The molecule has 0 aromatic heterocycles. The van der Waals surface area contributed by atoms with E-state index in [2.05, 4.69) is 5.32 Å². The third-order valence-electron chi connectivity index (χ3n) is 2.80. The van der Waals surface area contributed by atoms with Gasteiger partial charge in [-0.05, 0) is 30.5 Å². The van der Waals surface area contributed by atoms with E-state index in [1.807, 2.05) is 19.9 Å². The average Bonchev–Trinajstić information content (AvgIpc) is 2.29. The molecular weight excluding hydrogens is 233 g/mol. The van der Waals surface area contributed by atoms with Crippen molar-refractivity contribution in [3.8, 4) is 5.75 Å². The normalized spacial score (nSPS) is 12.8. The van der Waals surface area contributed by atoms with Gasteiger partial charge in [0, 0.05) is 18.7 Å². The summed E-state index contributed by atoms with van der Waals surface area (Å²) in [4.78, 5) is 0. The summed E-state index contributed by atoms with van der Waals surface area (Å²) < 4.78 is 19.2. The van der Waals surface area contributed by atoms with Gasteiger partial charge in [0.15, 0.2) is 0 Å². The van der Waals surface area contributed by atoms with Crippen LogP contribution in [0.1, 0.15) is 37.8 Å². The molecule has 0 radical (unpaired) electrons. The molecule has 0 saturated heterocycles. The minimum atomic E-state index is -0.450. The van der Waals surface area contributed by atoms with E-state index in [4.69, 9.17) is 9.84 Å². The maximum Gasteiger partial charge on any atom is 0.131 e. The van der Waals surface area contributed by atoms with E-state index in [1.54, 1.807) is 13.0 Å². The number of aliphatic hydroxyl groups is 1. The number of benzene rings is 1. The van der Waals surface area contributed by atoms with Gasteiger partial charge in [-0.1, -0.05) is 13.8 Å². The zero-order valence-corrected chi connectivity index (χ0v) is 11.5. The van der Waals surface area contributed by atoms with Crippen molar-refractivity contribution in [3.63, 3.8) is 0 Å². The number of ether oxygens (including phenoxy) is 1. The molecule has 0 aliphatic carbocycles. The van der Waals surface area contributed by atoms with Crippen molar-refractivity contribution in [1.29, 1.82) is 0 Å². The van der Waals surface area contributed by atoms with Crippen LogP contribution in [0.25, 0.3) is 0 Å². The quantitative estimate of drug-likeness (QED) is 0.820. The van der Waals surface area contributed by atoms with Gasteiger partial charge >= 0.3 is 0 Å². The highest BCUT2D eigenvalue weighted by atomic mass is 19.1. The molecule has 1 atom stereocenters. The van der Waals surface area contributed by atoms with Gasteiger partial charge in [0.1, 0.15) is 11.6 Å². The third-order valence-corrected chi connectivity index (χ3v) is 2.80. The van der Waals surface area contributed by atoms with Crippen molar-refractivity contribution in [2.75, 3.05) is 13.7 Å². The molecular formula is C14H22FNO2. The van der Waals surface area contributed by atoms with E-state index in [0.717, 1.165) is 5.56 Å². The SMILES string of the molecule is COc1cc(C(C)C)cc(F)c1CNC[C@H](C)O. The molecule has 0 heterocycles. The van der Waals surface area contributed by atoms with Crippen LogP contribution in [0.2, 0.25) is 0 Å². The zero-order valence-electron chi connectivity index (χ0n) is 11.5. The van der Waals surface area contributed by atoms with Crippen molar-refractivity contribution in [2.45, 2.75) is 39.3 Å². The predicted octanol–water partition coefficient (Wildman–Crippen LogP) is 2.43. The molecule has 1 aromatic carbocycles. The van der Waals surface area contributed by atoms with E-state index < -0.39 is 6.10 Å². The van der Waals surface area contributed by atoms with Gasteiger partial charge in [-0.3, -0.25) is 0 Å². The molecule has 102 valence electrons. The van der Waals surface area contributed by atoms with E-state index in [1.165, 1.54) is 7.11 Å². The fraction of sp³-hybridized carbons (Fsp3) is 0.571. The third kappa shape index (κ3) is 3.96. The molecule has 0 aliphatic heterocycles. The Kier molecular flexibility index (Phi) is 5.56. The second kappa shape index (κ2) is 6.71. The first kappa shape index (κ1) is 14.9. The molecule has 0 unspecified atom stereocenters. The Labute approximate surface area is 108 Å². The highest BCUT2D eigenvalue weighted by Crippen LogP contribution is 2.27. The van der Waals surface area contributed by atoms with Gasteiger partial charge in [-0.25, -0.2) is 4.39 Å². The first-order chi connectivity index (χ1) is 8.45. The topological polar surface area (TPSA) is 41.5 Å². The fourth-order valence-electron chi connectivity index (χ4n) is 1.72. The van der Waals surface area contributed by atoms with Crippen LogP contribution in [-0.2, 0) is 6.54 Å². The van der Waals surface area contributed by atoms with E-state index in [-0.39, 0.29) is 11.7 Å². The Morgan fingerprint density at radius 3 is 2.50 bits per heavy atom. The average molecular weight is 255 g/mol. The molecule has 18 heavy (non-hydrogen) atoms. The molecule has 0 fully saturated rings. The molecule has 2 N–H and O–H groups in total. The lowest BCUT2D eigenvalue weighted by atomic mass is 10.0. The molecule has 4 heteroatoms. The number of hydrogen-bond donors (Lipinski definition) is 2. The summed E-state index contributed by atoms with van der Waals surface area (Å²) >= 11 is 0. The van der Waals surface area contributed by atoms with Crippen molar-refractivity contribution in [3.05, 3.63) is 29.1 Å². The molecule has 0 spiro atoms. The van der Waals surface area contributed by atoms with Gasteiger partial charge in [-0.15, -0.1) is 0 Å². The Hall–Kier alpha value is -1.13. The second-order valence-electron chi connectivity index (χ2n) is 4.82. The Morgan fingerprint density at radius 1 is 1.33 bits per heavy atom. The van der Waals surface area contributed by atoms with Gasteiger partial charge in [0.2, 0.25) is 0 Å². The summed E-state index contributed by atoms with van der Waals surface area (Å²) in [6.45, 7) is 6.48. The van der Waals surface area contributed by atoms with Crippen LogP contribution in [0.5, 0.6) is 5.75 Å². The lowest BCUT2D eigenvalue weighted by Crippen LogP contribution is -2.24. The molecule has 0 bridgehead atoms. The Balaban J connectivity index is 2.89. The first-order valence-electron chi connectivity index (χ1n) is 6.20. The molecule has 1 rings (SSSR count). The molecule has 0 amide bonds. The number of rotatable bonds is 6. The van der Waals surface area contributed by atoms with Gasteiger partial charge < -0.3 is 15.2 Å². The minimum Gasteiger partial charge on any atom is -0.496 e. The van der Waals surface area contributed by atoms with Crippen LogP contribution in [0.15, 0.2) is 12.1 Å². The van der Waals surface area contributed by atoms with E-state index >= 15 is 0 Å². The zero-order chi connectivity index (χ0) is 13.7. The minimum absolute atomic E-state index is 0.257. The fourth-order valence-corrected chi connectivity index (χ4v) is 1.72. The maximum atomic E-state index is 14.0. The van der Waals surface area contributed by atoms with E-state index in [9.17, 15) is 4.39 Å². The Bertz CT molecular complexity index is 392. The lowest BCUT2D eigenvalue weighted by Gasteiger charge is -2.15. The highest BCUT2D eigenvalue weighted by Gasteiger charge is 2.13. The van der Waals surface area contributed by atoms with Crippen LogP contribution in [0.4, 0.5) is 4.39 Å². The number of methoxy groups -OCH3 is 1. The van der Waals surface area contributed by atoms with Crippen LogP contribution >= 0.6 is 0 Å². The van der Waals surface area contributed by atoms with E-state index in [0.29, 0.717) is 24.4 Å². The molecule has 0 aliphatic rings. The van der Waals surface area contributed by atoms with Crippen molar-refractivity contribution < 1.29 is 14.2 Å². The summed E-state index contributed by atoms with van der Waals surface area (Å²) in [5, 5.41) is 12.2. The van der Waals surface area contributed by atoms with Crippen LogP contribution in [0, 0.1) is 5.82 Å². The predicted molar refractivity (Wildman–Crippen MR) is 70.4 cm³/mol. The summed E-state index contributed by atoms with van der Waals surface area (Å²) in [6, 6.07) is 3.42. The second-order valence-corrected chi connectivity index (χ2v) is 4.82. The number of nitrogens with one attached hydrogen (secondary N) is 1. The molecule has 0 saturated carbocycles. The number of halogens is 1. The van der Waals surface area contributed by atoms with Crippen LogP contribution in [-0.4, -0.2) is 24.9 Å². The largest absolute Gasteiger partial charge is 0.496 e. The van der Waals surface area contributed by atoms with Crippen LogP contribution in [0.3, 0.4) is 0 Å². The molecule has 1 aromatic rings. The first-order valence-corrected chi connectivity index (χ1v) is 6.20. The summed E-state index contributed by atoms with van der Waals surface area (Å²) in [7, 11) is 1.54. The Morgan fingerprint density at radius 2 is 2.00 bits per heavy atom. The standard InChI is InChI=1S/C14H22FNO2/c1-9(2)11-5-13(15)12(14(6-11)18-4)8-16-7-10(3)17/h5-6,9-10,16-17H,7-8H2,1-4H3/t10-/m0/s1. The number of aliphatic hydroxyl groups excluding tert-OH is 1. The molecule has 3 nitrogen and oxygen atoms in total.